The van der Waals surface area contributed by atoms with Gasteiger partial charge in [-0.2, -0.15) is 0 Å². The molecule has 1 amide bonds. The summed E-state index contributed by atoms with van der Waals surface area (Å²) in [7, 11) is 0. The molecule has 2 N–H and O–H groups in total. The number of fused-ring (bicyclic) bond motifs is 1. The highest BCUT2D eigenvalue weighted by molar-refractivity contribution is 7.80. The molecule has 0 unspecified atom stereocenters. The molecule has 0 bridgehead atoms. The van der Waals surface area contributed by atoms with Gasteiger partial charge in [0.15, 0.2) is 10.1 Å². The molecule has 0 aliphatic heterocycles. The van der Waals surface area contributed by atoms with Crippen molar-refractivity contribution in [2.75, 3.05) is 5.32 Å². The Hall–Kier alpha value is -2.31. The van der Waals surface area contributed by atoms with Crippen LogP contribution in [0.5, 0.6) is 0 Å². The molecule has 1 aromatic heterocycles. The van der Waals surface area contributed by atoms with Crippen LogP contribution in [-0.4, -0.2) is 16.0 Å². The Balaban J connectivity index is 1.55. The van der Waals surface area contributed by atoms with E-state index in [-0.39, 0.29) is 11.0 Å². The van der Waals surface area contributed by atoms with Crippen LogP contribution in [-0.2, 0) is 6.42 Å². The van der Waals surface area contributed by atoms with Crippen molar-refractivity contribution >= 4 is 50.5 Å². The van der Waals surface area contributed by atoms with E-state index in [2.05, 4.69) is 34.7 Å². The number of para-hydroxylation sites is 1. The molecule has 0 saturated heterocycles. The summed E-state index contributed by atoms with van der Waals surface area (Å²) in [6.45, 7) is 2.20. The number of carbonyl (C=O) groups excluding carboxylic acids is 1. The van der Waals surface area contributed by atoms with E-state index >= 15 is 0 Å². The molecule has 3 rings (SSSR count). The maximum Gasteiger partial charge on any atom is 0.286 e. The second kappa shape index (κ2) is 8.87. The van der Waals surface area contributed by atoms with Crippen molar-refractivity contribution in [2.24, 2.45) is 0 Å². The first-order valence-corrected chi connectivity index (χ1v) is 9.95. The van der Waals surface area contributed by atoms with Crippen molar-refractivity contribution in [1.29, 1.82) is 0 Å². The SMILES string of the molecule is CCCCCc1ccc(NC(=S)NC(=O)c2nc3ccccc3s2)cc1. The lowest BCUT2D eigenvalue weighted by molar-refractivity contribution is 0.0977. The van der Waals surface area contributed by atoms with Gasteiger partial charge in [-0.05, 0) is 54.9 Å². The van der Waals surface area contributed by atoms with Gasteiger partial charge < -0.3 is 5.32 Å². The highest BCUT2D eigenvalue weighted by Gasteiger charge is 2.13. The van der Waals surface area contributed by atoms with Gasteiger partial charge in [-0.15, -0.1) is 11.3 Å². The van der Waals surface area contributed by atoms with E-state index in [0.29, 0.717) is 5.01 Å². The van der Waals surface area contributed by atoms with Gasteiger partial charge in [-0.1, -0.05) is 44.0 Å². The molecule has 134 valence electrons. The summed E-state index contributed by atoms with van der Waals surface area (Å²) in [6.07, 6.45) is 4.77. The van der Waals surface area contributed by atoms with E-state index in [0.717, 1.165) is 22.3 Å². The largest absolute Gasteiger partial charge is 0.332 e. The Labute approximate surface area is 162 Å². The molecule has 0 radical (unpaired) electrons. The van der Waals surface area contributed by atoms with Crippen molar-refractivity contribution in [1.82, 2.24) is 10.3 Å². The zero-order valence-corrected chi connectivity index (χ0v) is 16.3. The van der Waals surface area contributed by atoms with E-state index in [4.69, 9.17) is 12.2 Å². The Morgan fingerprint density at radius 3 is 2.62 bits per heavy atom. The fourth-order valence-corrected chi connectivity index (χ4v) is 3.69. The van der Waals surface area contributed by atoms with Crippen molar-refractivity contribution in [3.8, 4) is 0 Å². The first-order valence-electron chi connectivity index (χ1n) is 8.72. The number of rotatable bonds is 6. The lowest BCUT2D eigenvalue weighted by Gasteiger charge is -2.09. The van der Waals surface area contributed by atoms with Crippen LogP contribution in [0, 0.1) is 0 Å². The van der Waals surface area contributed by atoms with Crippen LogP contribution in [0.15, 0.2) is 48.5 Å². The topological polar surface area (TPSA) is 54.0 Å². The fourth-order valence-electron chi connectivity index (χ4n) is 2.62. The molecule has 0 aliphatic carbocycles. The third-order valence-electron chi connectivity index (χ3n) is 4.00. The Morgan fingerprint density at radius 2 is 1.88 bits per heavy atom. The first kappa shape index (κ1) is 18.5. The Bertz CT molecular complexity index is 870. The van der Waals surface area contributed by atoms with Crippen LogP contribution in [0.4, 0.5) is 5.69 Å². The van der Waals surface area contributed by atoms with Crippen LogP contribution in [0.3, 0.4) is 0 Å². The first-order chi connectivity index (χ1) is 12.7. The molecule has 0 spiro atoms. The van der Waals surface area contributed by atoms with Crippen LogP contribution >= 0.6 is 23.6 Å². The van der Waals surface area contributed by atoms with Crippen LogP contribution < -0.4 is 10.6 Å². The van der Waals surface area contributed by atoms with Gasteiger partial charge in [-0.25, -0.2) is 4.98 Å². The molecular formula is C20H21N3OS2. The number of thiazole rings is 1. The molecule has 2 aromatic carbocycles. The minimum absolute atomic E-state index is 0.271. The molecular weight excluding hydrogens is 362 g/mol. The van der Waals surface area contributed by atoms with Gasteiger partial charge >= 0.3 is 0 Å². The maximum absolute atomic E-state index is 12.3. The zero-order chi connectivity index (χ0) is 18.4. The van der Waals surface area contributed by atoms with Crippen molar-refractivity contribution in [2.45, 2.75) is 32.6 Å². The van der Waals surface area contributed by atoms with E-state index < -0.39 is 0 Å². The number of nitrogens with zero attached hydrogens (tertiary/aromatic N) is 1. The van der Waals surface area contributed by atoms with Crippen molar-refractivity contribution in [3.05, 3.63) is 59.1 Å². The Morgan fingerprint density at radius 1 is 1.12 bits per heavy atom. The number of aromatic nitrogens is 1. The summed E-state index contributed by atoms with van der Waals surface area (Å²) >= 11 is 6.60. The molecule has 0 atom stereocenters. The van der Waals surface area contributed by atoms with E-state index in [1.807, 2.05) is 36.4 Å². The van der Waals surface area contributed by atoms with Crippen LogP contribution in [0.1, 0.15) is 41.6 Å². The predicted molar refractivity (Wildman–Crippen MR) is 113 cm³/mol. The smallest absolute Gasteiger partial charge is 0.286 e. The summed E-state index contributed by atoms with van der Waals surface area (Å²) in [4.78, 5) is 16.7. The summed E-state index contributed by atoms with van der Waals surface area (Å²) in [6, 6.07) is 15.8. The lowest BCUT2D eigenvalue weighted by atomic mass is 10.1. The number of anilines is 1. The monoisotopic (exact) mass is 383 g/mol. The minimum atomic E-state index is -0.292. The average Bonchev–Trinajstić information content (AvgIpc) is 3.08. The number of aryl methyl sites for hydroxylation is 1. The normalized spacial score (nSPS) is 10.7. The van der Waals surface area contributed by atoms with Crippen LogP contribution in [0.2, 0.25) is 0 Å². The summed E-state index contributed by atoms with van der Waals surface area (Å²) in [5.41, 5.74) is 2.99. The summed E-state index contributed by atoms with van der Waals surface area (Å²) in [5, 5.41) is 6.41. The Kier molecular flexibility index (Phi) is 6.30. The second-order valence-corrected chi connectivity index (χ2v) is 7.49. The highest BCUT2D eigenvalue weighted by Crippen LogP contribution is 2.21. The molecule has 0 saturated carbocycles. The number of hydrogen-bond donors (Lipinski definition) is 2. The van der Waals surface area contributed by atoms with Crippen molar-refractivity contribution in [3.63, 3.8) is 0 Å². The molecule has 0 aliphatic rings. The van der Waals surface area contributed by atoms with Crippen LogP contribution in [0.25, 0.3) is 10.2 Å². The molecule has 4 nitrogen and oxygen atoms in total. The molecule has 3 aromatic rings. The average molecular weight is 384 g/mol. The third-order valence-corrected chi connectivity index (χ3v) is 5.24. The molecule has 0 fully saturated rings. The maximum atomic E-state index is 12.3. The van der Waals surface area contributed by atoms with Gasteiger partial charge in [0.05, 0.1) is 10.2 Å². The van der Waals surface area contributed by atoms with Gasteiger partial charge in [0.25, 0.3) is 5.91 Å². The van der Waals surface area contributed by atoms with Gasteiger partial charge in [0.1, 0.15) is 0 Å². The number of carbonyl (C=O) groups is 1. The van der Waals surface area contributed by atoms with Gasteiger partial charge in [0, 0.05) is 5.69 Å². The third kappa shape index (κ3) is 4.86. The number of benzene rings is 2. The number of hydrogen-bond acceptors (Lipinski definition) is 4. The zero-order valence-electron chi connectivity index (χ0n) is 14.6. The second-order valence-electron chi connectivity index (χ2n) is 6.05. The molecule has 6 heteroatoms. The standard InChI is InChI=1S/C20H21N3OS2/c1-2-3-4-7-14-10-12-15(13-11-14)21-20(25)23-18(24)19-22-16-8-5-6-9-17(16)26-19/h5-6,8-13H,2-4,7H2,1H3,(H2,21,23,24,25). The number of thiocarbonyl (C=S) groups is 1. The van der Waals surface area contributed by atoms with E-state index in [1.54, 1.807) is 0 Å². The quantitative estimate of drug-likeness (QED) is 0.456. The number of amides is 1. The van der Waals surface area contributed by atoms with E-state index in [9.17, 15) is 4.79 Å². The van der Waals surface area contributed by atoms with Gasteiger partial charge in [-0.3, -0.25) is 10.1 Å². The van der Waals surface area contributed by atoms with Gasteiger partial charge in [0.2, 0.25) is 0 Å². The lowest BCUT2D eigenvalue weighted by Crippen LogP contribution is -2.34. The molecule has 1 heterocycles. The fraction of sp³-hybridized carbons (Fsp3) is 0.250. The number of nitrogens with one attached hydrogen (secondary N) is 2. The predicted octanol–water partition coefficient (Wildman–Crippen LogP) is 5.16. The van der Waals surface area contributed by atoms with E-state index in [1.165, 1.54) is 36.2 Å². The number of unbranched alkanes of at least 4 members (excludes halogenated alkanes) is 2. The summed E-state index contributed by atoms with van der Waals surface area (Å²) in [5.74, 6) is -0.292. The molecule has 26 heavy (non-hydrogen) atoms. The highest BCUT2D eigenvalue weighted by atomic mass is 32.1. The summed E-state index contributed by atoms with van der Waals surface area (Å²) < 4.78 is 0.982. The minimum Gasteiger partial charge on any atom is -0.332 e. The van der Waals surface area contributed by atoms with Crippen molar-refractivity contribution < 1.29 is 4.79 Å².